The van der Waals surface area contributed by atoms with E-state index in [1.807, 2.05) is 0 Å². The van der Waals surface area contributed by atoms with Gasteiger partial charge in [-0.05, 0) is 24.3 Å². The number of hydrogen-bond acceptors (Lipinski definition) is 3. The minimum Gasteiger partial charge on any atom is -0.478 e. The van der Waals surface area contributed by atoms with Crippen LogP contribution >= 0.6 is 11.6 Å². The molecule has 0 spiro atoms. The number of carboxylic acids is 1. The van der Waals surface area contributed by atoms with Gasteiger partial charge in [0.25, 0.3) is 0 Å². The number of pyridine rings is 1. The zero-order valence-electron chi connectivity index (χ0n) is 10.6. The molecule has 1 heterocycles. The van der Waals surface area contributed by atoms with E-state index in [1.165, 1.54) is 0 Å². The number of carbonyl (C=O) groups is 1. The summed E-state index contributed by atoms with van der Waals surface area (Å²) in [4.78, 5) is 14.5. The molecule has 1 aromatic heterocycles. The summed E-state index contributed by atoms with van der Waals surface area (Å²) >= 11 is 5.69. The lowest BCUT2D eigenvalue weighted by atomic mass is 10.1. The summed E-state index contributed by atoms with van der Waals surface area (Å²) in [6, 6.07) is 3.46. The number of carboxylic acid groups (broad SMARTS) is 1. The number of rotatable bonds is 3. The first-order valence-corrected chi connectivity index (χ1v) is 6.09. The predicted molar refractivity (Wildman–Crippen MR) is 70.9 cm³/mol. The van der Waals surface area contributed by atoms with Crippen molar-refractivity contribution in [3.63, 3.8) is 0 Å². The molecule has 4 nitrogen and oxygen atoms in total. The third kappa shape index (κ3) is 3.45. The average Bonchev–Trinajstić information content (AvgIpc) is 2.39. The van der Waals surface area contributed by atoms with Crippen LogP contribution in [0.1, 0.15) is 15.9 Å². The van der Waals surface area contributed by atoms with Gasteiger partial charge in [0.1, 0.15) is 11.6 Å². The molecule has 0 saturated heterocycles. The number of aromatic carboxylic acids is 1. The van der Waals surface area contributed by atoms with Gasteiger partial charge in [-0.15, -0.1) is 0 Å². The Balaban J connectivity index is 2.40. The summed E-state index contributed by atoms with van der Waals surface area (Å²) < 4.78 is 50.7. The molecule has 0 atom stereocenters. The first kappa shape index (κ1) is 16.0. The first-order valence-electron chi connectivity index (χ1n) is 5.71. The largest absolute Gasteiger partial charge is 0.478 e. The third-order valence-electron chi connectivity index (χ3n) is 2.63. The van der Waals surface area contributed by atoms with Gasteiger partial charge in [-0.25, -0.2) is 14.2 Å². The predicted octanol–water partition coefficient (Wildman–Crippen LogP) is 4.33. The van der Waals surface area contributed by atoms with Crippen molar-refractivity contribution in [2.24, 2.45) is 0 Å². The van der Waals surface area contributed by atoms with E-state index in [1.54, 1.807) is 0 Å². The summed E-state index contributed by atoms with van der Waals surface area (Å²) in [6.45, 7) is 0. The fourth-order valence-electron chi connectivity index (χ4n) is 1.62. The number of nitrogens with one attached hydrogen (secondary N) is 1. The van der Waals surface area contributed by atoms with E-state index in [4.69, 9.17) is 16.7 Å². The second-order valence-corrected chi connectivity index (χ2v) is 4.58. The van der Waals surface area contributed by atoms with Gasteiger partial charge in [-0.2, -0.15) is 13.2 Å². The van der Waals surface area contributed by atoms with E-state index in [9.17, 15) is 22.4 Å². The number of benzene rings is 1. The van der Waals surface area contributed by atoms with Gasteiger partial charge < -0.3 is 10.4 Å². The van der Waals surface area contributed by atoms with Crippen LogP contribution in [0.5, 0.6) is 0 Å². The highest BCUT2D eigenvalue weighted by Crippen LogP contribution is 2.33. The van der Waals surface area contributed by atoms with E-state index in [-0.39, 0.29) is 22.1 Å². The zero-order valence-corrected chi connectivity index (χ0v) is 11.3. The van der Waals surface area contributed by atoms with E-state index in [0.29, 0.717) is 12.3 Å². The maximum atomic E-state index is 13.2. The number of hydrogen-bond donors (Lipinski definition) is 2. The van der Waals surface area contributed by atoms with Crippen LogP contribution in [0.2, 0.25) is 5.02 Å². The van der Waals surface area contributed by atoms with Crippen LogP contribution in [0.4, 0.5) is 29.1 Å². The first-order chi connectivity index (χ1) is 10.2. The SMILES string of the molecule is O=C(O)c1ccc(F)cc1Nc1ncc(C(F)(F)F)cc1Cl. The van der Waals surface area contributed by atoms with E-state index in [2.05, 4.69) is 10.3 Å². The highest BCUT2D eigenvalue weighted by molar-refractivity contribution is 6.33. The third-order valence-corrected chi connectivity index (χ3v) is 2.92. The normalized spacial score (nSPS) is 11.3. The van der Waals surface area contributed by atoms with Gasteiger partial charge in [0.15, 0.2) is 0 Å². The molecule has 0 aliphatic rings. The Morgan fingerprint density at radius 1 is 1.27 bits per heavy atom. The number of nitrogens with zero attached hydrogens (tertiary/aromatic N) is 1. The van der Waals surface area contributed by atoms with Crippen molar-refractivity contribution in [2.75, 3.05) is 5.32 Å². The average molecular weight is 335 g/mol. The minimum atomic E-state index is -4.61. The van der Waals surface area contributed by atoms with Crippen LogP contribution in [0.15, 0.2) is 30.5 Å². The molecule has 116 valence electrons. The van der Waals surface area contributed by atoms with Crippen molar-refractivity contribution in [3.8, 4) is 0 Å². The van der Waals surface area contributed by atoms with Gasteiger partial charge in [0.05, 0.1) is 21.8 Å². The molecule has 0 saturated carbocycles. The minimum absolute atomic E-state index is 0.179. The van der Waals surface area contributed by atoms with Crippen LogP contribution in [0.25, 0.3) is 0 Å². The van der Waals surface area contributed by atoms with Crippen LogP contribution < -0.4 is 5.32 Å². The van der Waals surface area contributed by atoms with Gasteiger partial charge in [-0.3, -0.25) is 0 Å². The molecular formula is C13H7ClF4N2O2. The second kappa shape index (κ2) is 5.80. The fraction of sp³-hybridized carbons (Fsp3) is 0.0769. The summed E-state index contributed by atoms with van der Waals surface area (Å²) in [5.74, 6) is -2.29. The van der Waals surface area contributed by atoms with E-state index < -0.39 is 23.5 Å². The molecule has 2 rings (SSSR count). The zero-order chi connectivity index (χ0) is 16.5. The van der Waals surface area contributed by atoms with Crippen LogP contribution in [0, 0.1) is 5.82 Å². The van der Waals surface area contributed by atoms with Crippen molar-refractivity contribution < 1.29 is 27.5 Å². The van der Waals surface area contributed by atoms with Gasteiger partial charge in [-0.1, -0.05) is 11.6 Å². The maximum Gasteiger partial charge on any atom is 0.417 e. The summed E-state index contributed by atoms with van der Waals surface area (Å²) in [5, 5.41) is 11.0. The molecule has 2 N–H and O–H groups in total. The fourth-order valence-corrected chi connectivity index (χ4v) is 1.83. The quantitative estimate of drug-likeness (QED) is 0.820. The van der Waals surface area contributed by atoms with Crippen LogP contribution in [-0.4, -0.2) is 16.1 Å². The van der Waals surface area contributed by atoms with Crippen molar-refractivity contribution in [3.05, 3.63) is 52.4 Å². The Morgan fingerprint density at radius 2 is 1.95 bits per heavy atom. The molecule has 0 unspecified atom stereocenters. The van der Waals surface area contributed by atoms with Gasteiger partial charge in [0.2, 0.25) is 0 Å². The molecule has 0 aliphatic carbocycles. The molecule has 0 amide bonds. The summed E-state index contributed by atoms with van der Waals surface area (Å²) in [7, 11) is 0. The van der Waals surface area contributed by atoms with Crippen molar-refractivity contribution >= 4 is 29.1 Å². The topological polar surface area (TPSA) is 62.2 Å². The lowest BCUT2D eigenvalue weighted by molar-refractivity contribution is -0.137. The summed E-state index contributed by atoms with van der Waals surface area (Å²) in [5.41, 5.74) is -1.51. The molecule has 22 heavy (non-hydrogen) atoms. The van der Waals surface area contributed by atoms with Crippen molar-refractivity contribution in [2.45, 2.75) is 6.18 Å². The van der Waals surface area contributed by atoms with Crippen molar-refractivity contribution in [1.29, 1.82) is 0 Å². The Labute approximate surface area is 126 Å². The van der Waals surface area contributed by atoms with Crippen LogP contribution in [-0.2, 0) is 6.18 Å². The lowest BCUT2D eigenvalue weighted by Gasteiger charge is -2.12. The molecule has 0 fully saturated rings. The highest BCUT2D eigenvalue weighted by atomic mass is 35.5. The number of halogens is 5. The smallest absolute Gasteiger partial charge is 0.417 e. The maximum absolute atomic E-state index is 13.2. The Bertz CT molecular complexity index is 734. The molecular weight excluding hydrogens is 328 g/mol. The Kier molecular flexibility index (Phi) is 4.23. The molecule has 1 aromatic carbocycles. The number of alkyl halides is 3. The van der Waals surface area contributed by atoms with Gasteiger partial charge in [0, 0.05) is 6.20 Å². The summed E-state index contributed by atoms with van der Waals surface area (Å²) in [6.07, 6.45) is -4.08. The highest BCUT2D eigenvalue weighted by Gasteiger charge is 2.31. The Hall–Kier alpha value is -2.35. The van der Waals surface area contributed by atoms with Gasteiger partial charge >= 0.3 is 12.1 Å². The molecule has 2 aromatic rings. The lowest BCUT2D eigenvalue weighted by Crippen LogP contribution is -2.08. The number of anilines is 2. The van der Waals surface area contributed by atoms with E-state index >= 15 is 0 Å². The van der Waals surface area contributed by atoms with Crippen molar-refractivity contribution in [1.82, 2.24) is 4.98 Å². The number of aromatic nitrogens is 1. The standard InChI is InChI=1S/C13H7ClF4N2O2/c14-9-3-6(13(16,17)18)5-19-11(9)20-10-4-7(15)1-2-8(10)12(21)22/h1-5H,(H,19,20)(H,21,22). The molecule has 9 heteroatoms. The second-order valence-electron chi connectivity index (χ2n) is 4.17. The molecule has 0 bridgehead atoms. The molecule has 0 radical (unpaired) electrons. The Morgan fingerprint density at radius 3 is 2.50 bits per heavy atom. The van der Waals surface area contributed by atoms with Crippen LogP contribution in [0.3, 0.4) is 0 Å². The molecule has 0 aliphatic heterocycles. The monoisotopic (exact) mass is 334 g/mol. The van der Waals surface area contributed by atoms with E-state index in [0.717, 1.165) is 18.2 Å².